The fraction of sp³-hybridized carbons (Fsp3) is 0.533. The first-order chi connectivity index (χ1) is 10.4. The largest absolute Gasteiger partial charge is 0.354 e. The molecule has 1 aromatic carbocycles. The van der Waals surface area contributed by atoms with Gasteiger partial charge in [0.1, 0.15) is 0 Å². The highest BCUT2D eigenvalue weighted by Crippen LogP contribution is 2.28. The average molecular weight is 345 g/mol. The van der Waals surface area contributed by atoms with Crippen LogP contribution in [0.5, 0.6) is 0 Å². The summed E-state index contributed by atoms with van der Waals surface area (Å²) in [5.41, 5.74) is 0.934. The first kappa shape index (κ1) is 17.2. The van der Waals surface area contributed by atoms with Crippen LogP contribution in [0.1, 0.15) is 18.4 Å². The second-order valence-electron chi connectivity index (χ2n) is 5.61. The van der Waals surface area contributed by atoms with Gasteiger partial charge in [0.2, 0.25) is 5.91 Å². The van der Waals surface area contributed by atoms with Gasteiger partial charge in [0, 0.05) is 17.8 Å². The number of sulfone groups is 1. The van der Waals surface area contributed by atoms with Gasteiger partial charge in [-0.25, -0.2) is 8.42 Å². The van der Waals surface area contributed by atoms with E-state index in [2.05, 4.69) is 10.6 Å². The second-order valence-corrected chi connectivity index (χ2v) is 8.35. The van der Waals surface area contributed by atoms with Crippen LogP contribution in [0, 0.1) is 0 Å². The topological polar surface area (TPSA) is 75.3 Å². The smallest absolute Gasteiger partial charge is 0.241 e. The highest BCUT2D eigenvalue weighted by molar-refractivity contribution is 7.92. The molecular formula is C15H21ClN2O3S. The molecule has 5 nitrogen and oxygen atoms in total. The van der Waals surface area contributed by atoms with Gasteiger partial charge in [-0.05, 0) is 44.0 Å². The van der Waals surface area contributed by atoms with Crippen LogP contribution in [0.25, 0.3) is 0 Å². The lowest BCUT2D eigenvalue weighted by Crippen LogP contribution is -2.57. The number of benzene rings is 1. The first-order valence-electron chi connectivity index (χ1n) is 7.29. The van der Waals surface area contributed by atoms with E-state index in [1.54, 1.807) is 6.07 Å². The number of carbonyl (C=O) groups excluding carboxylic acids is 1. The van der Waals surface area contributed by atoms with E-state index in [0.717, 1.165) is 11.8 Å². The fourth-order valence-corrected chi connectivity index (χ4v) is 4.35. The Balaban J connectivity index is 2.02. The number of rotatable bonds is 5. The highest BCUT2D eigenvalue weighted by atomic mass is 35.5. The maximum absolute atomic E-state index is 12.5. The third-order valence-electron chi connectivity index (χ3n) is 4.17. The van der Waals surface area contributed by atoms with Crippen molar-refractivity contribution in [2.45, 2.75) is 24.0 Å². The van der Waals surface area contributed by atoms with Gasteiger partial charge in [0.25, 0.3) is 0 Å². The summed E-state index contributed by atoms with van der Waals surface area (Å²) in [5, 5.41) is 6.51. The Morgan fingerprint density at radius 3 is 2.55 bits per heavy atom. The molecule has 0 spiro atoms. The summed E-state index contributed by atoms with van der Waals surface area (Å²) in [4.78, 5) is 12.5. The summed E-state index contributed by atoms with van der Waals surface area (Å²) in [7, 11) is -3.47. The maximum atomic E-state index is 12.5. The molecule has 1 aliphatic rings. The predicted molar refractivity (Wildman–Crippen MR) is 87.8 cm³/mol. The number of nitrogens with one attached hydrogen (secondary N) is 2. The molecule has 122 valence electrons. The molecule has 1 amide bonds. The standard InChI is InChI=1S/C15H21ClN2O3S/c1-22(20,21)15(7-10-17-11-8-15)14(19)18-9-6-12-4-2-3-5-13(12)16/h2-5,17H,6-11H2,1H3,(H,18,19). The molecule has 0 atom stereocenters. The van der Waals surface area contributed by atoms with Crippen LogP contribution in [-0.2, 0) is 21.1 Å². The third kappa shape index (κ3) is 3.62. The quantitative estimate of drug-likeness (QED) is 0.840. The van der Waals surface area contributed by atoms with E-state index in [9.17, 15) is 13.2 Å². The van der Waals surface area contributed by atoms with Crippen molar-refractivity contribution in [3.8, 4) is 0 Å². The molecule has 0 saturated carbocycles. The molecule has 0 unspecified atom stereocenters. The summed E-state index contributed by atoms with van der Waals surface area (Å²) in [6.45, 7) is 1.43. The maximum Gasteiger partial charge on any atom is 0.241 e. The molecule has 1 saturated heterocycles. The fourth-order valence-electron chi connectivity index (χ4n) is 2.77. The Morgan fingerprint density at radius 2 is 1.95 bits per heavy atom. The molecule has 0 bridgehead atoms. The lowest BCUT2D eigenvalue weighted by Gasteiger charge is -2.34. The monoisotopic (exact) mass is 344 g/mol. The van der Waals surface area contributed by atoms with E-state index in [0.29, 0.717) is 43.9 Å². The molecule has 1 aromatic rings. The lowest BCUT2D eigenvalue weighted by molar-refractivity contribution is -0.124. The van der Waals surface area contributed by atoms with Gasteiger partial charge in [0.15, 0.2) is 14.6 Å². The van der Waals surface area contributed by atoms with E-state index in [-0.39, 0.29) is 0 Å². The molecule has 0 aliphatic carbocycles. The summed E-state index contributed by atoms with van der Waals surface area (Å²) in [6, 6.07) is 7.42. The van der Waals surface area contributed by atoms with Gasteiger partial charge in [-0.2, -0.15) is 0 Å². The van der Waals surface area contributed by atoms with Crippen molar-refractivity contribution >= 4 is 27.3 Å². The minimum absolute atomic E-state index is 0.309. The number of amides is 1. The number of carbonyl (C=O) groups is 1. The highest BCUT2D eigenvalue weighted by Gasteiger charge is 2.48. The average Bonchev–Trinajstić information content (AvgIpc) is 2.48. The van der Waals surface area contributed by atoms with Crippen molar-refractivity contribution in [1.82, 2.24) is 10.6 Å². The van der Waals surface area contributed by atoms with E-state index >= 15 is 0 Å². The molecule has 2 rings (SSSR count). The first-order valence-corrected chi connectivity index (χ1v) is 9.56. The van der Waals surface area contributed by atoms with Crippen LogP contribution < -0.4 is 10.6 Å². The van der Waals surface area contributed by atoms with Crippen molar-refractivity contribution in [3.63, 3.8) is 0 Å². The lowest BCUT2D eigenvalue weighted by atomic mass is 9.95. The third-order valence-corrected chi connectivity index (χ3v) is 6.55. The molecule has 0 radical (unpaired) electrons. The molecule has 7 heteroatoms. The van der Waals surface area contributed by atoms with Crippen LogP contribution in [0.3, 0.4) is 0 Å². The van der Waals surface area contributed by atoms with Crippen molar-refractivity contribution in [1.29, 1.82) is 0 Å². The van der Waals surface area contributed by atoms with Crippen molar-refractivity contribution in [2.75, 3.05) is 25.9 Å². The van der Waals surface area contributed by atoms with Crippen LogP contribution in [0.4, 0.5) is 0 Å². The normalized spacial score (nSPS) is 17.9. The molecule has 1 heterocycles. The number of hydrogen-bond donors (Lipinski definition) is 2. The Bertz CT molecular complexity index is 640. The Morgan fingerprint density at radius 1 is 1.32 bits per heavy atom. The van der Waals surface area contributed by atoms with Gasteiger partial charge in [-0.3, -0.25) is 4.79 Å². The van der Waals surface area contributed by atoms with Crippen molar-refractivity contribution in [3.05, 3.63) is 34.9 Å². The molecule has 1 aliphatic heterocycles. The van der Waals surface area contributed by atoms with Gasteiger partial charge >= 0.3 is 0 Å². The van der Waals surface area contributed by atoms with Crippen LogP contribution in [0.2, 0.25) is 5.02 Å². The predicted octanol–water partition coefficient (Wildman–Crippen LogP) is 1.17. The van der Waals surface area contributed by atoms with E-state index in [4.69, 9.17) is 11.6 Å². The summed E-state index contributed by atoms with van der Waals surface area (Å²) in [6.07, 6.45) is 2.34. The van der Waals surface area contributed by atoms with Gasteiger partial charge in [-0.15, -0.1) is 0 Å². The molecular weight excluding hydrogens is 324 g/mol. The van der Waals surface area contributed by atoms with Crippen LogP contribution in [0.15, 0.2) is 24.3 Å². The zero-order chi connectivity index (χ0) is 16.2. The molecule has 0 aromatic heterocycles. The SMILES string of the molecule is CS(=O)(=O)C1(C(=O)NCCc2ccccc2Cl)CCNCC1. The van der Waals surface area contributed by atoms with Crippen molar-refractivity contribution < 1.29 is 13.2 Å². The minimum atomic E-state index is -3.47. The van der Waals surface area contributed by atoms with Crippen LogP contribution in [-0.4, -0.2) is 45.0 Å². The summed E-state index contributed by atoms with van der Waals surface area (Å²) >= 11 is 6.07. The van der Waals surface area contributed by atoms with E-state index in [1.807, 2.05) is 18.2 Å². The van der Waals surface area contributed by atoms with Gasteiger partial charge < -0.3 is 10.6 Å². The minimum Gasteiger partial charge on any atom is -0.354 e. The van der Waals surface area contributed by atoms with E-state index < -0.39 is 20.5 Å². The summed E-state index contributed by atoms with van der Waals surface area (Å²) in [5.74, 6) is -0.399. The van der Waals surface area contributed by atoms with Crippen LogP contribution >= 0.6 is 11.6 Å². The van der Waals surface area contributed by atoms with Gasteiger partial charge in [-0.1, -0.05) is 29.8 Å². The Hall–Kier alpha value is -1.11. The number of piperidine rings is 1. The second kappa shape index (κ2) is 6.98. The Kier molecular flexibility index (Phi) is 5.47. The summed E-state index contributed by atoms with van der Waals surface area (Å²) < 4.78 is 22.9. The zero-order valence-corrected chi connectivity index (χ0v) is 14.1. The molecule has 22 heavy (non-hydrogen) atoms. The van der Waals surface area contributed by atoms with E-state index in [1.165, 1.54) is 0 Å². The Labute approximate surface area is 136 Å². The zero-order valence-electron chi connectivity index (χ0n) is 12.6. The number of hydrogen-bond acceptors (Lipinski definition) is 4. The van der Waals surface area contributed by atoms with Crippen molar-refractivity contribution in [2.24, 2.45) is 0 Å². The molecule has 2 N–H and O–H groups in total. The molecule has 1 fully saturated rings. The number of halogens is 1. The van der Waals surface area contributed by atoms with Gasteiger partial charge in [0.05, 0.1) is 0 Å².